The quantitative estimate of drug-likeness (QED) is 0.182. The van der Waals surface area contributed by atoms with Gasteiger partial charge >= 0.3 is 0 Å². The van der Waals surface area contributed by atoms with Crippen molar-refractivity contribution in [3.05, 3.63) is 182 Å². The maximum absolute atomic E-state index is 6.57. The van der Waals surface area contributed by atoms with Crippen LogP contribution in [-0.2, 0) is 0 Å². The summed E-state index contributed by atoms with van der Waals surface area (Å²) < 4.78 is 11.3. The van der Waals surface area contributed by atoms with E-state index in [1.165, 1.54) is 55.3 Å². The average Bonchev–Trinajstić information content (AvgIpc) is 3.90. The Morgan fingerprint density at radius 1 is 0.386 bits per heavy atom. The van der Waals surface area contributed by atoms with Crippen molar-refractivity contribution in [2.75, 3.05) is 0 Å². The molecule has 0 fully saturated rings. The molecule has 0 amide bonds. The second kappa shape index (κ2) is 11.4. The second-order valence-corrected chi connectivity index (χ2v) is 14.9. The third-order valence-electron chi connectivity index (χ3n) is 11.9. The van der Waals surface area contributed by atoms with Crippen molar-refractivity contribution in [2.45, 2.75) is 0 Å². The monoisotopic (exact) mass is 726 g/mol. The number of furan rings is 1. The van der Waals surface area contributed by atoms with Crippen molar-refractivity contribution in [3.63, 3.8) is 0 Å². The third kappa shape index (κ3) is 4.23. The van der Waals surface area contributed by atoms with Crippen LogP contribution >= 0.6 is 0 Å². The maximum Gasteiger partial charge on any atom is 0.236 e. The largest absolute Gasteiger partial charge is 0.452 e. The number of para-hydroxylation sites is 4. The van der Waals surface area contributed by atoms with Crippen LogP contribution in [0, 0.1) is 0 Å². The van der Waals surface area contributed by atoms with Gasteiger partial charge in [0.2, 0.25) is 5.95 Å². The molecule has 57 heavy (non-hydrogen) atoms. The highest BCUT2D eigenvalue weighted by atomic mass is 16.3. The van der Waals surface area contributed by atoms with Crippen LogP contribution in [0.2, 0.25) is 0 Å². The Labute approximate surface area is 326 Å². The average molecular weight is 727 g/mol. The summed E-state index contributed by atoms with van der Waals surface area (Å²) in [7, 11) is 0. The van der Waals surface area contributed by atoms with Crippen molar-refractivity contribution < 1.29 is 4.42 Å². The molecule has 0 atom stereocenters. The molecule has 12 aromatic rings. The fraction of sp³-hybridized carbons (Fsp3) is 0. The minimum absolute atomic E-state index is 0.603. The summed E-state index contributed by atoms with van der Waals surface area (Å²) in [6.45, 7) is 0. The zero-order valence-electron chi connectivity index (χ0n) is 30.5. The van der Waals surface area contributed by atoms with Crippen LogP contribution in [0.5, 0.6) is 0 Å². The Hall–Kier alpha value is -7.76. The zero-order valence-corrected chi connectivity index (χ0v) is 30.5. The minimum atomic E-state index is 0.603. The lowest BCUT2D eigenvalue weighted by Gasteiger charge is -2.12. The van der Waals surface area contributed by atoms with Gasteiger partial charge in [-0.15, -0.1) is 0 Å². The van der Waals surface area contributed by atoms with Crippen LogP contribution in [0.25, 0.3) is 122 Å². The van der Waals surface area contributed by atoms with Gasteiger partial charge in [0.25, 0.3) is 0 Å². The van der Waals surface area contributed by atoms with E-state index < -0.39 is 0 Å². The molecule has 0 saturated heterocycles. The first-order valence-corrected chi connectivity index (χ1v) is 19.3. The number of aromatic nitrogens is 4. The van der Waals surface area contributed by atoms with E-state index in [2.05, 4.69) is 167 Å². The van der Waals surface area contributed by atoms with Crippen LogP contribution < -0.4 is 0 Å². The van der Waals surface area contributed by atoms with Crippen molar-refractivity contribution >= 4 is 65.7 Å². The van der Waals surface area contributed by atoms with Gasteiger partial charge < -0.3 is 8.98 Å². The lowest BCUT2D eigenvalue weighted by Crippen LogP contribution is -2.03. The molecule has 5 heteroatoms. The smallest absolute Gasteiger partial charge is 0.236 e. The van der Waals surface area contributed by atoms with Gasteiger partial charge in [0, 0.05) is 43.6 Å². The van der Waals surface area contributed by atoms with Crippen molar-refractivity contribution in [3.8, 4) is 56.3 Å². The summed E-state index contributed by atoms with van der Waals surface area (Å²) in [5, 5.41) is 5.65. The molecule has 264 valence electrons. The van der Waals surface area contributed by atoms with E-state index in [1.54, 1.807) is 0 Å². The van der Waals surface area contributed by atoms with Gasteiger partial charge in [0.15, 0.2) is 5.58 Å². The summed E-state index contributed by atoms with van der Waals surface area (Å²) in [5.74, 6) is 0.603. The molecule has 0 radical (unpaired) electrons. The number of benzene rings is 8. The topological polar surface area (TPSA) is 48.8 Å². The van der Waals surface area contributed by atoms with Gasteiger partial charge in [0.1, 0.15) is 16.8 Å². The molecule has 1 aliphatic heterocycles. The van der Waals surface area contributed by atoms with Crippen molar-refractivity contribution in [1.82, 2.24) is 19.1 Å². The molecule has 0 unspecified atom stereocenters. The molecular formula is C52H30N4O. The second-order valence-electron chi connectivity index (χ2n) is 14.9. The Morgan fingerprint density at radius 3 is 1.82 bits per heavy atom. The normalized spacial score (nSPS) is 12.2. The fourth-order valence-corrected chi connectivity index (χ4v) is 9.38. The highest BCUT2D eigenvalue weighted by molar-refractivity contribution is 6.22. The summed E-state index contributed by atoms with van der Waals surface area (Å²) in [6.07, 6.45) is 0. The first-order chi connectivity index (χ1) is 28.3. The molecule has 0 N–H and O–H groups in total. The number of nitrogens with zero attached hydrogens (tertiary/aromatic N) is 4. The standard InChI is InChI=1S/C52H30N4O/c1-2-13-31(14-3-1)32-25-27-33(28-26-32)48-51-49(40-19-8-11-24-47(40)57-51)54-52(53-48)56-44-23-10-7-18-37(44)41-29-45-42(30-46(41)56)39-21-12-20-38-35-16-5-4-15-34(35)36-17-6-9-22-43(36)55(45)50(38)39/h1-30H. The van der Waals surface area contributed by atoms with Crippen LogP contribution in [0.15, 0.2) is 186 Å². The van der Waals surface area contributed by atoms with Gasteiger partial charge in [0.05, 0.1) is 27.8 Å². The molecule has 1 aliphatic rings. The number of rotatable bonds is 3. The van der Waals surface area contributed by atoms with Crippen LogP contribution in [-0.4, -0.2) is 19.1 Å². The van der Waals surface area contributed by atoms with Gasteiger partial charge in [-0.25, -0.2) is 9.97 Å². The molecule has 8 aromatic carbocycles. The van der Waals surface area contributed by atoms with Gasteiger partial charge in [-0.2, -0.15) is 0 Å². The van der Waals surface area contributed by atoms with Gasteiger partial charge in [-0.3, -0.25) is 4.57 Å². The molecule has 4 aromatic heterocycles. The lowest BCUT2D eigenvalue weighted by atomic mass is 9.94. The Balaban J connectivity index is 1.12. The third-order valence-corrected chi connectivity index (χ3v) is 11.9. The van der Waals surface area contributed by atoms with Gasteiger partial charge in [-0.05, 0) is 58.7 Å². The summed E-state index contributed by atoms with van der Waals surface area (Å²) in [6, 6.07) is 64.9. The van der Waals surface area contributed by atoms with Crippen LogP contribution in [0.4, 0.5) is 0 Å². The van der Waals surface area contributed by atoms with E-state index >= 15 is 0 Å². The van der Waals surface area contributed by atoms with E-state index in [-0.39, 0.29) is 0 Å². The van der Waals surface area contributed by atoms with Crippen molar-refractivity contribution in [2.24, 2.45) is 0 Å². The van der Waals surface area contributed by atoms with Gasteiger partial charge in [-0.1, -0.05) is 146 Å². The summed E-state index contributed by atoms with van der Waals surface area (Å²) in [4.78, 5) is 10.8. The SMILES string of the molecule is c1ccc(-c2ccc(-c3nc(-n4c5ccccc5c5cc6c(cc54)c4cccc5c4n6-c4ccccc4-c4ccccc4-5)nc4c3oc3ccccc34)cc2)cc1. The van der Waals surface area contributed by atoms with Crippen molar-refractivity contribution in [1.29, 1.82) is 0 Å². The Kier molecular flexibility index (Phi) is 6.10. The molecule has 5 heterocycles. The summed E-state index contributed by atoms with van der Waals surface area (Å²) in [5.41, 5.74) is 16.9. The van der Waals surface area contributed by atoms with Crippen LogP contribution in [0.1, 0.15) is 0 Å². The molecule has 0 spiro atoms. The minimum Gasteiger partial charge on any atom is -0.452 e. The Morgan fingerprint density at radius 2 is 0.982 bits per heavy atom. The predicted molar refractivity (Wildman–Crippen MR) is 233 cm³/mol. The lowest BCUT2D eigenvalue weighted by molar-refractivity contribution is 0.666. The highest BCUT2D eigenvalue weighted by Crippen LogP contribution is 2.48. The summed E-state index contributed by atoms with van der Waals surface area (Å²) >= 11 is 0. The molecular weight excluding hydrogens is 697 g/mol. The molecule has 0 aliphatic carbocycles. The first-order valence-electron chi connectivity index (χ1n) is 19.3. The molecule has 13 rings (SSSR count). The zero-order chi connectivity index (χ0) is 37.2. The van der Waals surface area contributed by atoms with Crippen LogP contribution in [0.3, 0.4) is 0 Å². The molecule has 5 nitrogen and oxygen atoms in total. The molecule has 0 saturated carbocycles. The van der Waals surface area contributed by atoms with E-state index in [0.29, 0.717) is 11.5 Å². The van der Waals surface area contributed by atoms with E-state index in [0.717, 1.165) is 55.1 Å². The number of hydrogen-bond donors (Lipinski definition) is 0. The first kappa shape index (κ1) is 30.6. The predicted octanol–water partition coefficient (Wildman–Crippen LogP) is 13.6. The van der Waals surface area contributed by atoms with E-state index in [4.69, 9.17) is 14.4 Å². The van der Waals surface area contributed by atoms with E-state index in [9.17, 15) is 0 Å². The maximum atomic E-state index is 6.57. The Bertz CT molecular complexity index is 3630. The fourth-order valence-electron chi connectivity index (χ4n) is 9.38. The highest BCUT2D eigenvalue weighted by Gasteiger charge is 2.26. The molecule has 0 bridgehead atoms. The van der Waals surface area contributed by atoms with E-state index in [1.807, 2.05) is 24.3 Å². The number of hydrogen-bond acceptors (Lipinski definition) is 3. The number of fused-ring (bicyclic) bond motifs is 14.